The Morgan fingerprint density at radius 2 is 1.75 bits per heavy atom. The van der Waals surface area contributed by atoms with Crippen molar-refractivity contribution in [2.75, 3.05) is 0 Å². The van der Waals surface area contributed by atoms with Crippen LogP contribution in [-0.4, -0.2) is 5.84 Å². The molecule has 0 aromatic heterocycles. The molecule has 1 rings (SSSR count). The van der Waals surface area contributed by atoms with E-state index in [1.807, 2.05) is 30.3 Å². The topological polar surface area (TPSA) is 102 Å². The maximum Gasteiger partial charge on any atom is 0.125 e. The van der Waals surface area contributed by atoms with E-state index in [1.54, 1.807) is 0 Å². The van der Waals surface area contributed by atoms with Crippen molar-refractivity contribution in [1.29, 1.82) is 5.41 Å². The lowest BCUT2D eigenvalue weighted by molar-refractivity contribution is 1.39. The quantitative estimate of drug-likeness (QED) is 0.362. The minimum absolute atomic E-state index is 0.182. The number of rotatable bonds is 3. The maximum atomic E-state index is 7.29. The molecule has 5 heteroatoms. The third-order valence-electron chi connectivity index (χ3n) is 2.01. The lowest BCUT2D eigenvalue weighted by atomic mass is 10.1. The van der Waals surface area contributed by atoms with Gasteiger partial charge in [0.1, 0.15) is 5.84 Å². The Morgan fingerprint density at radius 1 is 1.19 bits per heavy atom. The Balaban J connectivity index is 3.20. The van der Waals surface area contributed by atoms with Crippen LogP contribution in [0.4, 0.5) is 0 Å². The van der Waals surface area contributed by atoms with Crippen molar-refractivity contribution in [3.63, 3.8) is 0 Å². The predicted octanol–water partition coefficient (Wildman–Crippen LogP) is 1.33. The van der Waals surface area contributed by atoms with Gasteiger partial charge in [-0.15, -0.1) is 0 Å². The first-order valence-electron chi connectivity index (χ1n) is 4.55. The van der Waals surface area contributed by atoms with Gasteiger partial charge in [0.15, 0.2) is 0 Å². The van der Waals surface area contributed by atoms with Crippen LogP contribution in [0.5, 0.6) is 0 Å². The van der Waals surface area contributed by atoms with Gasteiger partial charge in [0.25, 0.3) is 0 Å². The van der Waals surface area contributed by atoms with Crippen LogP contribution in [0.3, 0.4) is 0 Å². The van der Waals surface area contributed by atoms with Gasteiger partial charge in [0.2, 0.25) is 0 Å². The molecule has 0 aliphatic carbocycles. The number of halogens is 1. The standard InChI is InChI=1S/C11H13ClN4/c12-9(8(6-13)11(15)16)10(14)7-4-2-1-3-5-7/h1-6H,13-14H2,(H3,15,16)/b8-6?,10-9+. The minimum Gasteiger partial charge on any atom is -0.404 e. The first kappa shape index (κ1) is 12.1. The van der Waals surface area contributed by atoms with Crippen molar-refractivity contribution in [1.82, 2.24) is 0 Å². The van der Waals surface area contributed by atoms with Crippen LogP contribution in [0.2, 0.25) is 0 Å². The van der Waals surface area contributed by atoms with Gasteiger partial charge in [-0.3, -0.25) is 5.41 Å². The van der Waals surface area contributed by atoms with E-state index >= 15 is 0 Å². The van der Waals surface area contributed by atoms with Gasteiger partial charge >= 0.3 is 0 Å². The Labute approximate surface area is 98.9 Å². The zero-order valence-electron chi connectivity index (χ0n) is 8.57. The Morgan fingerprint density at radius 3 is 2.19 bits per heavy atom. The summed E-state index contributed by atoms with van der Waals surface area (Å²) in [4.78, 5) is 0. The smallest absolute Gasteiger partial charge is 0.125 e. The first-order valence-corrected chi connectivity index (χ1v) is 4.93. The van der Waals surface area contributed by atoms with Crippen molar-refractivity contribution < 1.29 is 0 Å². The normalized spacial score (nSPS) is 13.2. The van der Waals surface area contributed by atoms with E-state index in [-0.39, 0.29) is 16.4 Å². The number of amidine groups is 1. The van der Waals surface area contributed by atoms with Crippen LogP contribution in [0.1, 0.15) is 5.56 Å². The summed E-state index contributed by atoms with van der Waals surface area (Å²) < 4.78 is 0. The number of hydrogen-bond donors (Lipinski definition) is 4. The van der Waals surface area contributed by atoms with Gasteiger partial charge in [0, 0.05) is 6.20 Å². The molecule has 7 N–H and O–H groups in total. The molecule has 1 aromatic rings. The van der Waals surface area contributed by atoms with Crippen LogP contribution in [0.15, 0.2) is 47.1 Å². The van der Waals surface area contributed by atoms with Gasteiger partial charge in [-0.05, 0) is 5.56 Å². The molecule has 1 aromatic carbocycles. The molecule has 0 radical (unpaired) electrons. The van der Waals surface area contributed by atoms with Crippen LogP contribution in [-0.2, 0) is 0 Å². The van der Waals surface area contributed by atoms with Crippen molar-refractivity contribution in [2.45, 2.75) is 0 Å². The van der Waals surface area contributed by atoms with E-state index in [0.717, 1.165) is 5.56 Å². The molecule has 0 aliphatic heterocycles. The molecule has 0 bridgehead atoms. The number of hydrogen-bond acceptors (Lipinski definition) is 3. The fraction of sp³-hybridized carbons (Fsp3) is 0. The van der Waals surface area contributed by atoms with E-state index in [0.29, 0.717) is 5.70 Å². The number of nitrogens with one attached hydrogen (secondary N) is 1. The molecule has 16 heavy (non-hydrogen) atoms. The summed E-state index contributed by atoms with van der Waals surface area (Å²) in [5, 5.41) is 7.47. The lowest BCUT2D eigenvalue weighted by Gasteiger charge is -2.08. The largest absolute Gasteiger partial charge is 0.404 e. The van der Waals surface area contributed by atoms with Gasteiger partial charge in [-0.1, -0.05) is 41.9 Å². The molecule has 0 saturated carbocycles. The summed E-state index contributed by atoms with van der Waals surface area (Å²) in [5.41, 5.74) is 17.8. The monoisotopic (exact) mass is 236 g/mol. The molecule has 84 valence electrons. The van der Waals surface area contributed by atoms with Gasteiger partial charge < -0.3 is 17.2 Å². The van der Waals surface area contributed by atoms with Crippen molar-refractivity contribution in [3.05, 3.63) is 52.7 Å². The summed E-state index contributed by atoms with van der Waals surface area (Å²) in [6.45, 7) is 0. The Kier molecular flexibility index (Phi) is 3.96. The minimum atomic E-state index is -0.216. The summed E-state index contributed by atoms with van der Waals surface area (Å²) in [7, 11) is 0. The molecule has 0 saturated heterocycles. The highest BCUT2D eigenvalue weighted by Crippen LogP contribution is 2.22. The van der Waals surface area contributed by atoms with E-state index in [1.165, 1.54) is 6.20 Å². The van der Waals surface area contributed by atoms with E-state index in [9.17, 15) is 0 Å². The second-order valence-corrected chi connectivity index (χ2v) is 3.47. The fourth-order valence-electron chi connectivity index (χ4n) is 1.17. The third-order valence-corrected chi connectivity index (χ3v) is 2.42. The molecule has 0 unspecified atom stereocenters. The molecule has 0 aliphatic rings. The molecular formula is C11H13ClN4. The van der Waals surface area contributed by atoms with Crippen molar-refractivity contribution in [2.24, 2.45) is 17.2 Å². The number of benzene rings is 1. The molecule has 0 heterocycles. The van der Waals surface area contributed by atoms with Gasteiger partial charge in [0.05, 0.1) is 16.3 Å². The molecule has 0 atom stereocenters. The molecule has 0 spiro atoms. The molecule has 0 amide bonds. The highest BCUT2D eigenvalue weighted by Gasteiger charge is 2.10. The molecule has 4 nitrogen and oxygen atoms in total. The van der Waals surface area contributed by atoms with Crippen LogP contribution in [0.25, 0.3) is 5.70 Å². The molecule has 0 fully saturated rings. The SMILES string of the molecule is N=C(N)C(=CN)/C(Cl)=C(\N)c1ccccc1. The highest BCUT2D eigenvalue weighted by atomic mass is 35.5. The molecular weight excluding hydrogens is 224 g/mol. The fourth-order valence-corrected chi connectivity index (χ4v) is 1.44. The van der Waals surface area contributed by atoms with Crippen LogP contribution < -0.4 is 17.2 Å². The van der Waals surface area contributed by atoms with Crippen LogP contribution >= 0.6 is 11.6 Å². The van der Waals surface area contributed by atoms with Crippen molar-refractivity contribution in [3.8, 4) is 0 Å². The summed E-state index contributed by atoms with van der Waals surface area (Å²) in [5.74, 6) is -0.216. The highest BCUT2D eigenvalue weighted by molar-refractivity contribution is 6.38. The van der Waals surface area contributed by atoms with E-state index < -0.39 is 0 Å². The second-order valence-electron chi connectivity index (χ2n) is 3.09. The second kappa shape index (κ2) is 5.23. The van der Waals surface area contributed by atoms with Gasteiger partial charge in [-0.25, -0.2) is 0 Å². The Hall–Kier alpha value is -1.94. The number of nitrogens with two attached hydrogens (primary N) is 3. The maximum absolute atomic E-state index is 7.29. The average molecular weight is 237 g/mol. The van der Waals surface area contributed by atoms with Gasteiger partial charge in [-0.2, -0.15) is 0 Å². The van der Waals surface area contributed by atoms with E-state index in [4.69, 9.17) is 34.2 Å². The zero-order valence-corrected chi connectivity index (χ0v) is 9.33. The summed E-state index contributed by atoms with van der Waals surface area (Å²) in [6, 6.07) is 9.17. The zero-order chi connectivity index (χ0) is 12.1. The first-order chi connectivity index (χ1) is 7.57. The van der Waals surface area contributed by atoms with E-state index in [2.05, 4.69) is 0 Å². The summed E-state index contributed by atoms with van der Waals surface area (Å²) >= 11 is 6.01. The predicted molar refractivity (Wildman–Crippen MR) is 67.6 cm³/mol. The van der Waals surface area contributed by atoms with Crippen molar-refractivity contribution >= 4 is 23.1 Å². The average Bonchev–Trinajstić information content (AvgIpc) is 2.29. The lowest BCUT2D eigenvalue weighted by Crippen LogP contribution is -2.16. The summed E-state index contributed by atoms with van der Waals surface area (Å²) in [6.07, 6.45) is 1.17. The third kappa shape index (κ3) is 2.55. The van der Waals surface area contributed by atoms with Crippen LogP contribution in [0, 0.1) is 5.41 Å². The Bertz CT molecular complexity index is 448.